The van der Waals surface area contributed by atoms with Crippen LogP contribution in [-0.2, 0) is 6.54 Å². The summed E-state index contributed by atoms with van der Waals surface area (Å²) in [5.41, 5.74) is 2.15. The molecule has 0 aliphatic carbocycles. The number of nitrogens with zero attached hydrogens (tertiary/aromatic N) is 1. The molecule has 0 bridgehead atoms. The Balaban J connectivity index is 1.98. The van der Waals surface area contributed by atoms with Crippen LogP contribution in [-0.4, -0.2) is 6.21 Å². The molecule has 0 aromatic heterocycles. The van der Waals surface area contributed by atoms with Crippen molar-refractivity contribution in [1.82, 2.24) is 0 Å². The van der Waals surface area contributed by atoms with E-state index in [2.05, 4.69) is 23.2 Å². The van der Waals surface area contributed by atoms with Crippen LogP contribution >= 0.6 is 11.6 Å². The zero-order valence-electron chi connectivity index (χ0n) is 8.73. The standard InChI is InChI=1S/C14H11ClN/c15-14-8-6-13(7-9-14)11-16-10-12-4-2-1-3-5-12/h1-6,8-9,11H,10H2/q-1. The third-order valence-electron chi connectivity index (χ3n) is 2.15. The molecule has 2 rings (SSSR count). The van der Waals surface area contributed by atoms with Crippen LogP contribution < -0.4 is 0 Å². The van der Waals surface area contributed by atoms with Crippen LogP contribution in [0.1, 0.15) is 11.1 Å². The van der Waals surface area contributed by atoms with Crippen molar-refractivity contribution in [1.29, 1.82) is 0 Å². The fraction of sp³-hybridized carbons (Fsp3) is 0.0714. The van der Waals surface area contributed by atoms with Crippen LogP contribution in [0.3, 0.4) is 0 Å². The first-order valence-corrected chi connectivity index (χ1v) is 5.43. The Morgan fingerprint density at radius 1 is 1.12 bits per heavy atom. The zero-order chi connectivity index (χ0) is 11.2. The maximum Gasteiger partial charge on any atom is 0.0532 e. The molecule has 2 aromatic carbocycles. The smallest absolute Gasteiger partial charge is 0.0532 e. The highest BCUT2D eigenvalue weighted by atomic mass is 35.5. The summed E-state index contributed by atoms with van der Waals surface area (Å²) in [5.74, 6) is 0. The predicted octanol–water partition coefficient (Wildman–Crippen LogP) is 3.76. The fourth-order valence-corrected chi connectivity index (χ4v) is 1.45. The molecule has 0 fully saturated rings. The summed E-state index contributed by atoms with van der Waals surface area (Å²) >= 11 is 5.77. The van der Waals surface area contributed by atoms with Gasteiger partial charge in [0.05, 0.1) is 6.54 Å². The van der Waals surface area contributed by atoms with E-state index in [-0.39, 0.29) is 0 Å². The molecular weight excluding hydrogens is 218 g/mol. The molecule has 0 N–H and O–H groups in total. The third kappa shape index (κ3) is 3.21. The zero-order valence-corrected chi connectivity index (χ0v) is 9.48. The first-order chi connectivity index (χ1) is 7.84. The molecule has 0 saturated heterocycles. The van der Waals surface area contributed by atoms with E-state index in [1.54, 1.807) is 6.07 Å². The van der Waals surface area contributed by atoms with Crippen LogP contribution in [0.4, 0.5) is 0 Å². The monoisotopic (exact) mass is 228 g/mol. The Morgan fingerprint density at radius 2 is 1.94 bits per heavy atom. The Labute approximate surface area is 100 Å². The van der Waals surface area contributed by atoms with Gasteiger partial charge in [-0.1, -0.05) is 36.5 Å². The minimum absolute atomic E-state index is 0.692. The second-order valence-corrected chi connectivity index (χ2v) is 3.85. The summed E-state index contributed by atoms with van der Waals surface area (Å²) in [6.45, 7) is 0.692. The molecule has 0 amide bonds. The van der Waals surface area contributed by atoms with Gasteiger partial charge in [0, 0.05) is 0 Å². The van der Waals surface area contributed by atoms with Gasteiger partial charge < -0.3 is 4.99 Å². The van der Waals surface area contributed by atoms with Crippen molar-refractivity contribution in [2.75, 3.05) is 0 Å². The molecule has 80 valence electrons. The number of benzene rings is 2. The van der Waals surface area contributed by atoms with Gasteiger partial charge in [0.2, 0.25) is 0 Å². The molecule has 0 heterocycles. The van der Waals surface area contributed by atoms with Crippen LogP contribution in [0.25, 0.3) is 0 Å². The molecule has 1 nitrogen and oxygen atoms in total. The van der Waals surface area contributed by atoms with E-state index in [0.29, 0.717) is 11.6 Å². The summed E-state index contributed by atoms with van der Waals surface area (Å²) in [4.78, 5) is 4.34. The van der Waals surface area contributed by atoms with Crippen molar-refractivity contribution in [2.45, 2.75) is 6.54 Å². The van der Waals surface area contributed by atoms with Gasteiger partial charge in [-0.25, -0.2) is 0 Å². The second kappa shape index (κ2) is 5.47. The van der Waals surface area contributed by atoms with E-state index in [0.717, 1.165) is 5.56 Å². The average molecular weight is 229 g/mol. The van der Waals surface area contributed by atoms with E-state index in [9.17, 15) is 0 Å². The van der Waals surface area contributed by atoms with Gasteiger partial charge in [0.1, 0.15) is 0 Å². The first-order valence-electron chi connectivity index (χ1n) is 5.05. The third-order valence-corrected chi connectivity index (χ3v) is 2.38. The summed E-state index contributed by atoms with van der Waals surface area (Å²) in [7, 11) is 0. The number of rotatable bonds is 3. The van der Waals surface area contributed by atoms with Crippen molar-refractivity contribution in [3.8, 4) is 0 Å². The molecule has 0 unspecified atom stereocenters. The van der Waals surface area contributed by atoms with E-state index in [4.69, 9.17) is 11.6 Å². The van der Waals surface area contributed by atoms with Crippen LogP contribution in [0.5, 0.6) is 0 Å². The molecular formula is C14H11ClN-. The average Bonchev–Trinajstić information content (AvgIpc) is 2.33. The molecule has 0 atom stereocenters. The quantitative estimate of drug-likeness (QED) is 0.560. The van der Waals surface area contributed by atoms with Crippen molar-refractivity contribution in [3.63, 3.8) is 0 Å². The van der Waals surface area contributed by atoms with Crippen LogP contribution in [0.2, 0.25) is 5.02 Å². The molecule has 0 radical (unpaired) electrons. The molecule has 2 heteroatoms. The lowest BCUT2D eigenvalue weighted by atomic mass is 10.2. The van der Waals surface area contributed by atoms with Gasteiger partial charge in [0.15, 0.2) is 0 Å². The first kappa shape index (κ1) is 10.9. The summed E-state index contributed by atoms with van der Waals surface area (Å²) < 4.78 is 0. The largest absolute Gasteiger partial charge is 0.336 e. The summed E-state index contributed by atoms with van der Waals surface area (Å²) in [6, 6.07) is 18.7. The lowest BCUT2D eigenvalue weighted by Gasteiger charge is -2.01. The van der Waals surface area contributed by atoms with Gasteiger partial charge in [-0.05, 0) is 10.6 Å². The SMILES string of the molecule is Clc1c[c-]c(C=NCc2ccccc2)cc1. The van der Waals surface area contributed by atoms with Gasteiger partial charge in [-0.3, -0.25) is 0 Å². The van der Waals surface area contributed by atoms with Crippen LogP contribution in [0.15, 0.2) is 53.5 Å². The Bertz CT molecular complexity index is 460. The van der Waals surface area contributed by atoms with Crippen LogP contribution in [0, 0.1) is 6.07 Å². The van der Waals surface area contributed by atoms with Crippen molar-refractivity contribution in [2.24, 2.45) is 4.99 Å². The van der Waals surface area contributed by atoms with Crippen molar-refractivity contribution in [3.05, 3.63) is 70.7 Å². The van der Waals surface area contributed by atoms with Crippen molar-refractivity contribution < 1.29 is 0 Å². The predicted molar refractivity (Wildman–Crippen MR) is 68.0 cm³/mol. The Kier molecular flexibility index (Phi) is 3.73. The lowest BCUT2D eigenvalue weighted by Crippen LogP contribution is -1.84. The van der Waals surface area contributed by atoms with Gasteiger partial charge >= 0.3 is 0 Å². The van der Waals surface area contributed by atoms with E-state index in [1.165, 1.54) is 5.56 Å². The van der Waals surface area contributed by atoms with E-state index >= 15 is 0 Å². The van der Waals surface area contributed by atoms with Gasteiger partial charge in [0.25, 0.3) is 0 Å². The van der Waals surface area contributed by atoms with E-state index in [1.807, 2.05) is 36.5 Å². The number of hydrogen-bond acceptors (Lipinski definition) is 1. The lowest BCUT2D eigenvalue weighted by molar-refractivity contribution is 1.08. The van der Waals surface area contributed by atoms with Crippen molar-refractivity contribution >= 4 is 17.8 Å². The molecule has 0 aliphatic heterocycles. The van der Waals surface area contributed by atoms with Gasteiger partial charge in [-0.15, -0.1) is 41.4 Å². The number of halogens is 1. The molecule has 2 aromatic rings. The minimum Gasteiger partial charge on any atom is -0.336 e. The highest BCUT2D eigenvalue weighted by Gasteiger charge is 1.85. The topological polar surface area (TPSA) is 12.4 Å². The second-order valence-electron chi connectivity index (χ2n) is 3.42. The van der Waals surface area contributed by atoms with E-state index < -0.39 is 0 Å². The molecule has 0 spiro atoms. The number of hydrogen-bond donors (Lipinski definition) is 0. The maximum atomic E-state index is 5.77. The Morgan fingerprint density at radius 3 is 2.62 bits per heavy atom. The Hall–Kier alpha value is -1.60. The normalized spacial score (nSPS) is 10.8. The van der Waals surface area contributed by atoms with Gasteiger partial charge in [-0.2, -0.15) is 0 Å². The maximum absolute atomic E-state index is 5.77. The highest BCUT2D eigenvalue weighted by Crippen LogP contribution is 2.07. The molecule has 0 saturated carbocycles. The highest BCUT2D eigenvalue weighted by molar-refractivity contribution is 6.30. The minimum atomic E-state index is 0.692. The molecule has 0 aliphatic rings. The summed E-state index contributed by atoms with van der Waals surface area (Å²) in [6.07, 6.45) is 1.81. The summed E-state index contributed by atoms with van der Waals surface area (Å²) in [5, 5.41) is 0.695. The molecule has 16 heavy (non-hydrogen) atoms. The fourth-order valence-electron chi connectivity index (χ4n) is 1.33. The number of aliphatic imine (C=N–C) groups is 1.